The van der Waals surface area contributed by atoms with Crippen molar-refractivity contribution in [2.24, 2.45) is 5.92 Å². The molecule has 0 saturated heterocycles. The van der Waals surface area contributed by atoms with Gasteiger partial charge in [-0.2, -0.15) is 0 Å². The predicted octanol–water partition coefficient (Wildman–Crippen LogP) is 3.00. The van der Waals surface area contributed by atoms with Crippen LogP contribution in [-0.4, -0.2) is 36.4 Å². The van der Waals surface area contributed by atoms with Gasteiger partial charge in [-0.05, 0) is 38.2 Å². The standard InChI is InChI=1S/C18H21NO2/c1-19(2)13-15(12-14-8-4-3-5-9-14)18(21)16-10-6-7-11-17(16)20/h3-11,15,20H,12-13H2,1-2H3. The number of Topliss-reactive ketones (excluding diaryl/α,β-unsaturated/α-hetero) is 1. The van der Waals surface area contributed by atoms with Crippen LogP contribution < -0.4 is 0 Å². The minimum absolute atomic E-state index is 0.00865. The number of hydrogen-bond acceptors (Lipinski definition) is 3. The third-order valence-corrected chi connectivity index (χ3v) is 3.45. The normalized spacial score (nSPS) is 12.3. The molecule has 2 aromatic carbocycles. The highest BCUT2D eigenvalue weighted by atomic mass is 16.3. The molecule has 1 unspecified atom stereocenters. The number of hydrogen-bond donors (Lipinski definition) is 1. The number of benzene rings is 2. The Morgan fingerprint density at radius 3 is 2.29 bits per heavy atom. The van der Waals surface area contributed by atoms with E-state index in [2.05, 4.69) is 0 Å². The number of phenolic OH excluding ortho intramolecular Hbond substituents is 1. The zero-order valence-electron chi connectivity index (χ0n) is 12.5. The molecule has 0 bridgehead atoms. The molecular formula is C18H21NO2. The van der Waals surface area contributed by atoms with Crippen LogP contribution in [0, 0.1) is 5.92 Å². The van der Waals surface area contributed by atoms with Crippen LogP contribution in [0.2, 0.25) is 0 Å². The Balaban J connectivity index is 2.23. The topological polar surface area (TPSA) is 40.5 Å². The quantitative estimate of drug-likeness (QED) is 0.829. The van der Waals surface area contributed by atoms with Crippen molar-refractivity contribution in [3.63, 3.8) is 0 Å². The number of rotatable bonds is 6. The van der Waals surface area contributed by atoms with Crippen LogP contribution in [0.5, 0.6) is 5.75 Å². The van der Waals surface area contributed by atoms with Gasteiger partial charge in [0.15, 0.2) is 5.78 Å². The summed E-state index contributed by atoms with van der Waals surface area (Å²) in [5, 5.41) is 9.90. The highest BCUT2D eigenvalue weighted by Crippen LogP contribution is 2.22. The van der Waals surface area contributed by atoms with Crippen LogP contribution in [0.3, 0.4) is 0 Å². The van der Waals surface area contributed by atoms with Crippen LogP contribution in [-0.2, 0) is 6.42 Å². The zero-order chi connectivity index (χ0) is 15.2. The maximum atomic E-state index is 12.7. The second-order valence-electron chi connectivity index (χ2n) is 5.53. The zero-order valence-corrected chi connectivity index (χ0v) is 12.5. The van der Waals surface area contributed by atoms with Crippen molar-refractivity contribution < 1.29 is 9.90 Å². The smallest absolute Gasteiger partial charge is 0.171 e. The summed E-state index contributed by atoms with van der Waals surface area (Å²) in [4.78, 5) is 14.7. The molecular weight excluding hydrogens is 262 g/mol. The van der Waals surface area contributed by atoms with Gasteiger partial charge < -0.3 is 10.0 Å². The maximum Gasteiger partial charge on any atom is 0.171 e. The van der Waals surface area contributed by atoms with E-state index < -0.39 is 0 Å². The fourth-order valence-corrected chi connectivity index (χ4v) is 2.48. The number of nitrogens with zero attached hydrogens (tertiary/aromatic N) is 1. The van der Waals surface area contributed by atoms with Crippen LogP contribution in [0.1, 0.15) is 15.9 Å². The third kappa shape index (κ3) is 4.17. The molecule has 3 heteroatoms. The van der Waals surface area contributed by atoms with E-state index >= 15 is 0 Å². The van der Waals surface area contributed by atoms with Gasteiger partial charge in [0.05, 0.1) is 5.56 Å². The summed E-state index contributed by atoms with van der Waals surface area (Å²) in [5.41, 5.74) is 1.54. The minimum atomic E-state index is -0.171. The lowest BCUT2D eigenvalue weighted by molar-refractivity contribution is 0.0894. The van der Waals surface area contributed by atoms with Crippen LogP contribution in [0.15, 0.2) is 54.6 Å². The van der Waals surface area contributed by atoms with E-state index in [0.717, 1.165) is 5.56 Å². The molecule has 2 rings (SSSR count). The van der Waals surface area contributed by atoms with Gasteiger partial charge in [0.1, 0.15) is 5.75 Å². The van der Waals surface area contributed by atoms with Gasteiger partial charge in [0.2, 0.25) is 0 Å². The molecule has 0 fully saturated rings. The van der Waals surface area contributed by atoms with Crippen molar-refractivity contribution in [3.05, 3.63) is 65.7 Å². The summed E-state index contributed by atoms with van der Waals surface area (Å²) in [6.07, 6.45) is 0.673. The molecule has 3 nitrogen and oxygen atoms in total. The molecule has 2 aromatic rings. The van der Waals surface area contributed by atoms with E-state index in [0.29, 0.717) is 18.5 Å². The lowest BCUT2D eigenvalue weighted by Gasteiger charge is -2.20. The molecule has 0 aliphatic carbocycles. The lowest BCUT2D eigenvalue weighted by Crippen LogP contribution is -2.29. The molecule has 0 radical (unpaired) electrons. The average Bonchev–Trinajstić information content (AvgIpc) is 2.47. The SMILES string of the molecule is CN(C)CC(Cc1ccccc1)C(=O)c1ccccc1O. The van der Waals surface area contributed by atoms with Gasteiger partial charge in [-0.3, -0.25) is 4.79 Å². The lowest BCUT2D eigenvalue weighted by atomic mass is 9.90. The monoisotopic (exact) mass is 283 g/mol. The molecule has 0 spiro atoms. The molecule has 0 saturated carbocycles. The Hall–Kier alpha value is -2.13. The van der Waals surface area contributed by atoms with Gasteiger partial charge in [-0.25, -0.2) is 0 Å². The molecule has 0 aromatic heterocycles. The van der Waals surface area contributed by atoms with Gasteiger partial charge in [0, 0.05) is 12.5 Å². The van der Waals surface area contributed by atoms with Crippen molar-refractivity contribution in [1.82, 2.24) is 4.90 Å². The second kappa shape index (κ2) is 7.04. The Bertz CT molecular complexity index is 593. The summed E-state index contributed by atoms with van der Waals surface area (Å²) in [5.74, 6) is -0.124. The highest BCUT2D eigenvalue weighted by Gasteiger charge is 2.23. The summed E-state index contributed by atoms with van der Waals surface area (Å²) in [6, 6.07) is 16.7. The Kier molecular flexibility index (Phi) is 5.12. The molecule has 0 aliphatic heterocycles. The first-order valence-corrected chi connectivity index (χ1v) is 7.09. The van der Waals surface area contributed by atoms with Gasteiger partial charge in [0.25, 0.3) is 0 Å². The second-order valence-corrected chi connectivity index (χ2v) is 5.53. The van der Waals surface area contributed by atoms with E-state index in [9.17, 15) is 9.90 Å². The summed E-state index contributed by atoms with van der Waals surface area (Å²) in [6.45, 7) is 0.655. The summed E-state index contributed by atoms with van der Waals surface area (Å²) < 4.78 is 0. The number of carbonyl (C=O) groups excluding carboxylic acids is 1. The van der Waals surface area contributed by atoms with Crippen molar-refractivity contribution in [2.75, 3.05) is 20.6 Å². The maximum absolute atomic E-state index is 12.7. The van der Waals surface area contributed by atoms with Crippen LogP contribution in [0.25, 0.3) is 0 Å². The van der Waals surface area contributed by atoms with E-state index in [1.54, 1.807) is 24.3 Å². The average molecular weight is 283 g/mol. The Morgan fingerprint density at radius 2 is 1.67 bits per heavy atom. The van der Waals surface area contributed by atoms with Crippen molar-refractivity contribution in [2.45, 2.75) is 6.42 Å². The van der Waals surface area contributed by atoms with E-state index in [4.69, 9.17) is 0 Å². The molecule has 0 heterocycles. The fourth-order valence-electron chi connectivity index (χ4n) is 2.48. The van der Waals surface area contributed by atoms with Crippen LogP contribution in [0.4, 0.5) is 0 Å². The first kappa shape index (κ1) is 15.3. The van der Waals surface area contributed by atoms with Crippen molar-refractivity contribution in [1.29, 1.82) is 0 Å². The van der Waals surface area contributed by atoms with Gasteiger partial charge in [-0.1, -0.05) is 42.5 Å². The first-order valence-electron chi connectivity index (χ1n) is 7.09. The van der Waals surface area contributed by atoms with E-state index in [-0.39, 0.29) is 17.5 Å². The van der Waals surface area contributed by atoms with Crippen molar-refractivity contribution in [3.8, 4) is 5.75 Å². The first-order chi connectivity index (χ1) is 10.1. The predicted molar refractivity (Wildman–Crippen MR) is 84.6 cm³/mol. The summed E-state index contributed by atoms with van der Waals surface area (Å²) >= 11 is 0. The molecule has 1 atom stereocenters. The van der Waals surface area contributed by atoms with Crippen LogP contribution >= 0.6 is 0 Å². The number of para-hydroxylation sites is 1. The molecule has 21 heavy (non-hydrogen) atoms. The number of phenols is 1. The third-order valence-electron chi connectivity index (χ3n) is 3.45. The molecule has 1 N–H and O–H groups in total. The molecule has 0 aliphatic rings. The van der Waals surface area contributed by atoms with E-state index in [1.807, 2.05) is 49.3 Å². The fraction of sp³-hybridized carbons (Fsp3) is 0.278. The number of carbonyl (C=O) groups is 1. The summed E-state index contributed by atoms with van der Waals surface area (Å²) in [7, 11) is 3.91. The van der Waals surface area contributed by atoms with Gasteiger partial charge in [-0.15, -0.1) is 0 Å². The van der Waals surface area contributed by atoms with Gasteiger partial charge >= 0.3 is 0 Å². The molecule has 0 amide bonds. The largest absolute Gasteiger partial charge is 0.507 e. The minimum Gasteiger partial charge on any atom is -0.507 e. The number of ketones is 1. The Morgan fingerprint density at radius 1 is 1.05 bits per heavy atom. The molecule has 110 valence electrons. The number of aromatic hydroxyl groups is 1. The van der Waals surface area contributed by atoms with Crippen molar-refractivity contribution >= 4 is 5.78 Å². The van der Waals surface area contributed by atoms with E-state index in [1.165, 1.54) is 0 Å². The highest BCUT2D eigenvalue weighted by molar-refractivity contribution is 6.00. The Labute approximate surface area is 125 Å².